The fourth-order valence-electron chi connectivity index (χ4n) is 4.37. The Morgan fingerprint density at radius 3 is 2.40 bits per heavy atom. The monoisotopic (exact) mass is 487 g/mol. The van der Waals surface area contributed by atoms with E-state index in [2.05, 4.69) is 10.3 Å². The predicted octanol–water partition coefficient (Wildman–Crippen LogP) is 5.68. The number of H-pyrrole nitrogens is 1. The maximum atomic E-state index is 13.6. The lowest BCUT2D eigenvalue weighted by atomic mass is 10.0. The summed E-state index contributed by atoms with van der Waals surface area (Å²) in [6, 6.07) is 20.7. The number of benzene rings is 3. The van der Waals surface area contributed by atoms with Crippen LogP contribution in [-0.2, 0) is 22.4 Å². The van der Waals surface area contributed by atoms with Crippen LogP contribution < -0.4 is 10.2 Å². The molecule has 0 unspecified atom stereocenters. The van der Waals surface area contributed by atoms with Crippen molar-refractivity contribution in [1.82, 2.24) is 10.3 Å². The molecule has 0 aliphatic heterocycles. The van der Waals surface area contributed by atoms with E-state index >= 15 is 0 Å². The number of aromatic amines is 1. The second kappa shape index (κ2) is 10.4. The number of nitrogens with one attached hydrogen (secondary N) is 2. The summed E-state index contributed by atoms with van der Waals surface area (Å²) in [7, 11) is 1.72. The van der Waals surface area contributed by atoms with Crippen LogP contribution in [0.4, 0.5) is 5.69 Å². The molecule has 3 aromatic carbocycles. The van der Waals surface area contributed by atoms with E-state index < -0.39 is 6.04 Å². The molecule has 0 aliphatic carbocycles. The third kappa shape index (κ3) is 5.41. The molecule has 0 radical (unpaired) electrons. The number of aryl methyl sites for hydroxylation is 2. The van der Waals surface area contributed by atoms with Crippen molar-refractivity contribution in [3.8, 4) is 0 Å². The Hall–Kier alpha value is -3.57. The number of rotatable bonds is 7. The van der Waals surface area contributed by atoms with Crippen LogP contribution in [0.5, 0.6) is 0 Å². The Morgan fingerprint density at radius 1 is 1.00 bits per heavy atom. The molecule has 0 saturated heterocycles. The van der Waals surface area contributed by atoms with Crippen LogP contribution in [0.15, 0.2) is 66.7 Å². The highest BCUT2D eigenvalue weighted by molar-refractivity contribution is 6.31. The van der Waals surface area contributed by atoms with Gasteiger partial charge in [0, 0.05) is 40.8 Å². The van der Waals surface area contributed by atoms with E-state index in [0.29, 0.717) is 17.1 Å². The largest absolute Gasteiger partial charge is 0.358 e. The Labute approximate surface area is 211 Å². The van der Waals surface area contributed by atoms with Gasteiger partial charge in [-0.05, 0) is 61.2 Å². The molecule has 0 bridgehead atoms. The van der Waals surface area contributed by atoms with Gasteiger partial charge in [-0.15, -0.1) is 0 Å². The van der Waals surface area contributed by atoms with Gasteiger partial charge >= 0.3 is 0 Å². The molecule has 180 valence electrons. The van der Waals surface area contributed by atoms with Crippen LogP contribution in [0.2, 0.25) is 5.02 Å². The first-order valence-electron chi connectivity index (χ1n) is 11.7. The van der Waals surface area contributed by atoms with Crippen molar-refractivity contribution in [2.24, 2.45) is 0 Å². The minimum absolute atomic E-state index is 0.188. The van der Waals surface area contributed by atoms with E-state index in [9.17, 15) is 9.59 Å². The van der Waals surface area contributed by atoms with E-state index in [1.165, 1.54) is 0 Å². The zero-order valence-corrected chi connectivity index (χ0v) is 21.2. The predicted molar refractivity (Wildman–Crippen MR) is 143 cm³/mol. The van der Waals surface area contributed by atoms with E-state index in [1.807, 2.05) is 81.4 Å². The Morgan fingerprint density at radius 2 is 1.69 bits per heavy atom. The number of nitrogens with zero attached hydrogens (tertiary/aromatic N) is 1. The standard InChI is InChI=1S/C29H30ClN3O2/c1-18-14-22(16-25(30)19(18)2)33(4)29(35)27(15-21-10-6-5-7-11-21)32-28(34)17-24-20(3)31-26-13-9-8-12-23(24)26/h5-14,16,27,31H,15,17H2,1-4H3,(H,32,34)/t27-/m0/s1. The first-order valence-corrected chi connectivity index (χ1v) is 12.1. The summed E-state index contributed by atoms with van der Waals surface area (Å²) in [6.45, 7) is 5.89. The van der Waals surface area contributed by atoms with Crippen molar-refractivity contribution < 1.29 is 9.59 Å². The average Bonchev–Trinajstić information content (AvgIpc) is 3.16. The van der Waals surface area contributed by atoms with E-state index in [0.717, 1.165) is 38.9 Å². The van der Waals surface area contributed by atoms with Gasteiger partial charge < -0.3 is 15.2 Å². The van der Waals surface area contributed by atoms with Gasteiger partial charge in [-0.3, -0.25) is 9.59 Å². The first kappa shape index (κ1) is 24.6. The topological polar surface area (TPSA) is 65.2 Å². The number of carbonyl (C=O) groups excluding carboxylic acids is 2. The molecule has 0 spiro atoms. The molecule has 2 N–H and O–H groups in total. The first-order chi connectivity index (χ1) is 16.7. The molecule has 1 atom stereocenters. The fourth-order valence-corrected chi connectivity index (χ4v) is 4.63. The zero-order chi connectivity index (χ0) is 25.1. The SMILES string of the molecule is Cc1cc(N(C)C(=O)[C@H](Cc2ccccc2)NC(=O)Cc2c(C)[nH]c3ccccc23)cc(Cl)c1C. The smallest absolute Gasteiger partial charge is 0.249 e. The van der Waals surface area contributed by atoms with Crippen molar-refractivity contribution >= 4 is 40.0 Å². The van der Waals surface area contributed by atoms with Gasteiger partial charge in [-0.25, -0.2) is 0 Å². The van der Waals surface area contributed by atoms with Crippen LogP contribution in [0.25, 0.3) is 10.9 Å². The van der Waals surface area contributed by atoms with E-state index in [-0.39, 0.29) is 18.2 Å². The second-order valence-electron chi connectivity index (χ2n) is 9.03. The molecule has 2 amide bonds. The van der Waals surface area contributed by atoms with Crippen molar-refractivity contribution in [3.63, 3.8) is 0 Å². The summed E-state index contributed by atoms with van der Waals surface area (Å²) in [5.74, 6) is -0.393. The van der Waals surface area contributed by atoms with Crippen LogP contribution in [-0.4, -0.2) is 29.9 Å². The normalized spacial score (nSPS) is 11.9. The number of aromatic nitrogens is 1. The summed E-state index contributed by atoms with van der Waals surface area (Å²) in [4.78, 5) is 31.7. The Balaban J connectivity index is 1.59. The summed E-state index contributed by atoms with van der Waals surface area (Å²) >= 11 is 6.39. The van der Waals surface area contributed by atoms with Gasteiger partial charge in [-0.2, -0.15) is 0 Å². The molecule has 1 aromatic heterocycles. The maximum absolute atomic E-state index is 13.6. The van der Waals surface area contributed by atoms with Crippen LogP contribution in [0.3, 0.4) is 0 Å². The minimum atomic E-state index is -0.721. The molecule has 0 aliphatic rings. The molecule has 4 aromatic rings. The minimum Gasteiger partial charge on any atom is -0.358 e. The number of carbonyl (C=O) groups is 2. The van der Waals surface area contributed by atoms with Gasteiger partial charge in [-0.1, -0.05) is 60.1 Å². The number of halogens is 1. The highest BCUT2D eigenvalue weighted by Crippen LogP contribution is 2.27. The number of amides is 2. The summed E-state index contributed by atoms with van der Waals surface area (Å²) in [5, 5.41) is 4.64. The molecule has 1 heterocycles. The fraction of sp³-hybridized carbons (Fsp3) is 0.241. The molecule has 0 saturated carbocycles. The lowest BCUT2D eigenvalue weighted by molar-refractivity contribution is -0.127. The van der Waals surface area contributed by atoms with Crippen molar-refractivity contribution in [2.45, 2.75) is 39.7 Å². The van der Waals surface area contributed by atoms with Gasteiger partial charge in [0.05, 0.1) is 6.42 Å². The molecular weight excluding hydrogens is 458 g/mol. The molecule has 35 heavy (non-hydrogen) atoms. The van der Waals surface area contributed by atoms with Crippen LogP contribution >= 0.6 is 11.6 Å². The van der Waals surface area contributed by atoms with E-state index in [4.69, 9.17) is 11.6 Å². The summed E-state index contributed by atoms with van der Waals surface area (Å²) < 4.78 is 0. The lowest BCUT2D eigenvalue weighted by Gasteiger charge is -2.26. The number of hydrogen-bond acceptors (Lipinski definition) is 2. The highest BCUT2D eigenvalue weighted by Gasteiger charge is 2.26. The Kier molecular flexibility index (Phi) is 7.27. The maximum Gasteiger partial charge on any atom is 0.249 e. The molecule has 6 heteroatoms. The van der Waals surface area contributed by atoms with Crippen molar-refractivity contribution in [1.29, 1.82) is 0 Å². The molecule has 0 fully saturated rings. The van der Waals surface area contributed by atoms with E-state index in [1.54, 1.807) is 18.0 Å². The number of para-hydroxylation sites is 1. The lowest BCUT2D eigenvalue weighted by Crippen LogP contribution is -2.49. The van der Waals surface area contributed by atoms with Crippen molar-refractivity contribution in [2.75, 3.05) is 11.9 Å². The van der Waals surface area contributed by atoms with Gasteiger partial charge in [0.1, 0.15) is 6.04 Å². The van der Waals surface area contributed by atoms with Crippen molar-refractivity contribution in [3.05, 3.63) is 99.7 Å². The highest BCUT2D eigenvalue weighted by atomic mass is 35.5. The second-order valence-corrected chi connectivity index (χ2v) is 9.43. The summed E-state index contributed by atoms with van der Waals surface area (Å²) in [5.41, 5.74) is 6.55. The molecule has 5 nitrogen and oxygen atoms in total. The third-order valence-corrected chi connectivity index (χ3v) is 6.98. The number of anilines is 1. The number of likely N-dealkylation sites (N-methyl/N-ethyl adjacent to an activating group) is 1. The van der Waals surface area contributed by atoms with Gasteiger partial charge in [0.25, 0.3) is 0 Å². The zero-order valence-electron chi connectivity index (χ0n) is 20.5. The van der Waals surface area contributed by atoms with Gasteiger partial charge in [0.2, 0.25) is 11.8 Å². The Bertz CT molecular complexity index is 1350. The number of fused-ring (bicyclic) bond motifs is 1. The average molecular weight is 488 g/mol. The van der Waals surface area contributed by atoms with Crippen LogP contribution in [0.1, 0.15) is 27.9 Å². The number of hydrogen-bond donors (Lipinski definition) is 2. The molecule has 4 rings (SSSR count). The quantitative estimate of drug-likeness (QED) is 0.352. The van der Waals surface area contributed by atoms with Crippen LogP contribution in [0, 0.1) is 20.8 Å². The third-order valence-electron chi connectivity index (χ3n) is 6.59. The van der Waals surface area contributed by atoms with Gasteiger partial charge in [0.15, 0.2) is 0 Å². The summed E-state index contributed by atoms with van der Waals surface area (Å²) in [6.07, 6.45) is 0.578. The molecular formula is C29H30ClN3O2.